The van der Waals surface area contributed by atoms with E-state index in [0.29, 0.717) is 0 Å². The Hall–Kier alpha value is -0.903. The molecule has 0 amide bonds. The highest BCUT2D eigenvalue weighted by Gasteiger charge is 2.36. The number of rotatable bonds is 9. The van der Waals surface area contributed by atoms with Gasteiger partial charge in [-0.05, 0) is 36.6 Å². The summed E-state index contributed by atoms with van der Waals surface area (Å²) in [6, 6.07) is 10.5. The summed E-state index contributed by atoms with van der Waals surface area (Å²) in [7, 11) is -2.05. The Morgan fingerprint density at radius 2 is 1.70 bits per heavy atom. The van der Waals surface area contributed by atoms with Crippen molar-refractivity contribution < 1.29 is 8.85 Å². The standard InChI is InChI=1S/C17H28O2Si/c1-6-15-11-13-16(14-12-15)17(7-2)19-20(9-4,10-5)18-8-3/h6,11-14,17H,1,7-10H2,2-5H3. The maximum Gasteiger partial charge on any atom is 0.338 e. The highest BCUT2D eigenvalue weighted by molar-refractivity contribution is 6.67. The van der Waals surface area contributed by atoms with Crippen LogP contribution in [-0.4, -0.2) is 15.2 Å². The van der Waals surface area contributed by atoms with Crippen molar-refractivity contribution in [3.8, 4) is 0 Å². The van der Waals surface area contributed by atoms with Crippen molar-refractivity contribution in [2.75, 3.05) is 6.61 Å². The molecular weight excluding hydrogens is 264 g/mol. The molecule has 20 heavy (non-hydrogen) atoms. The highest BCUT2D eigenvalue weighted by Crippen LogP contribution is 2.30. The molecule has 0 saturated heterocycles. The van der Waals surface area contributed by atoms with Crippen molar-refractivity contribution in [3.63, 3.8) is 0 Å². The first-order valence-electron chi connectivity index (χ1n) is 7.68. The van der Waals surface area contributed by atoms with E-state index in [-0.39, 0.29) is 6.10 Å². The van der Waals surface area contributed by atoms with Gasteiger partial charge >= 0.3 is 8.56 Å². The lowest BCUT2D eigenvalue weighted by Gasteiger charge is -2.33. The van der Waals surface area contributed by atoms with Crippen LogP contribution in [0.2, 0.25) is 12.1 Å². The van der Waals surface area contributed by atoms with Gasteiger partial charge in [0.25, 0.3) is 0 Å². The van der Waals surface area contributed by atoms with Crippen LogP contribution in [0.1, 0.15) is 51.3 Å². The van der Waals surface area contributed by atoms with E-state index in [1.165, 1.54) is 5.56 Å². The molecule has 0 aliphatic carbocycles. The van der Waals surface area contributed by atoms with Gasteiger partial charge in [0.05, 0.1) is 6.10 Å². The summed E-state index contributed by atoms with van der Waals surface area (Å²) in [5.41, 5.74) is 2.37. The molecule has 0 spiro atoms. The first-order chi connectivity index (χ1) is 9.64. The van der Waals surface area contributed by atoms with Gasteiger partial charge < -0.3 is 8.85 Å². The maximum atomic E-state index is 6.48. The zero-order chi connectivity index (χ0) is 15.0. The molecule has 1 aromatic rings. The number of benzene rings is 1. The van der Waals surface area contributed by atoms with Crippen molar-refractivity contribution >= 4 is 14.6 Å². The Labute approximate surface area is 125 Å². The Morgan fingerprint density at radius 3 is 2.10 bits per heavy atom. The van der Waals surface area contributed by atoms with Gasteiger partial charge in [0, 0.05) is 6.61 Å². The fourth-order valence-corrected chi connectivity index (χ4v) is 5.07. The van der Waals surface area contributed by atoms with Crippen LogP contribution < -0.4 is 0 Å². The van der Waals surface area contributed by atoms with E-state index in [0.717, 1.165) is 30.7 Å². The number of hydrogen-bond donors (Lipinski definition) is 0. The minimum absolute atomic E-state index is 0.131. The third-order valence-corrected chi connectivity index (χ3v) is 7.44. The second kappa shape index (κ2) is 8.40. The molecule has 0 fully saturated rings. The zero-order valence-electron chi connectivity index (χ0n) is 13.3. The van der Waals surface area contributed by atoms with Gasteiger partial charge in [-0.25, -0.2) is 0 Å². The van der Waals surface area contributed by atoms with Crippen molar-refractivity contribution in [3.05, 3.63) is 42.0 Å². The topological polar surface area (TPSA) is 18.5 Å². The highest BCUT2D eigenvalue weighted by atomic mass is 28.4. The molecule has 0 aliphatic rings. The van der Waals surface area contributed by atoms with Crippen LogP contribution in [0.3, 0.4) is 0 Å². The van der Waals surface area contributed by atoms with Gasteiger partial charge in [-0.2, -0.15) is 0 Å². The first-order valence-corrected chi connectivity index (χ1v) is 9.91. The molecule has 2 nitrogen and oxygen atoms in total. The average Bonchev–Trinajstić information content (AvgIpc) is 2.52. The Kier molecular flexibility index (Phi) is 7.20. The smallest absolute Gasteiger partial charge is 0.338 e. The lowest BCUT2D eigenvalue weighted by Crippen LogP contribution is -2.41. The normalized spacial score (nSPS) is 13.2. The summed E-state index contributed by atoms with van der Waals surface area (Å²) in [6.45, 7) is 13.1. The average molecular weight is 292 g/mol. The van der Waals surface area contributed by atoms with E-state index >= 15 is 0 Å². The second-order valence-electron chi connectivity index (χ2n) is 4.94. The van der Waals surface area contributed by atoms with Gasteiger partial charge in [0.1, 0.15) is 0 Å². The molecule has 112 valence electrons. The fraction of sp³-hybridized carbons (Fsp3) is 0.529. The lowest BCUT2D eigenvalue weighted by atomic mass is 10.1. The molecule has 1 aromatic carbocycles. The van der Waals surface area contributed by atoms with Gasteiger partial charge in [0.15, 0.2) is 0 Å². The second-order valence-corrected chi connectivity index (χ2v) is 8.70. The van der Waals surface area contributed by atoms with Crippen LogP contribution >= 0.6 is 0 Å². The van der Waals surface area contributed by atoms with E-state index in [2.05, 4.69) is 58.5 Å². The van der Waals surface area contributed by atoms with Crippen molar-refractivity contribution in [2.45, 2.75) is 52.3 Å². The zero-order valence-corrected chi connectivity index (χ0v) is 14.3. The van der Waals surface area contributed by atoms with Gasteiger partial charge in [-0.1, -0.05) is 57.7 Å². The molecular formula is C17H28O2Si. The summed E-state index contributed by atoms with van der Waals surface area (Å²) in [5.74, 6) is 0. The molecule has 0 aliphatic heterocycles. The predicted octanol–water partition coefficient (Wildman–Crippen LogP) is 5.32. The Morgan fingerprint density at radius 1 is 1.10 bits per heavy atom. The molecule has 0 bridgehead atoms. The van der Waals surface area contributed by atoms with Crippen molar-refractivity contribution in [1.29, 1.82) is 0 Å². The fourth-order valence-electron chi connectivity index (χ4n) is 2.41. The Balaban J connectivity index is 2.90. The minimum Gasteiger partial charge on any atom is -0.394 e. The van der Waals surface area contributed by atoms with Crippen LogP contribution in [0.25, 0.3) is 6.08 Å². The van der Waals surface area contributed by atoms with Crippen LogP contribution in [0, 0.1) is 0 Å². The molecule has 3 heteroatoms. The lowest BCUT2D eigenvalue weighted by molar-refractivity contribution is 0.114. The Bertz CT molecular complexity index is 396. The van der Waals surface area contributed by atoms with Crippen LogP contribution in [0.5, 0.6) is 0 Å². The molecule has 0 radical (unpaired) electrons. The summed E-state index contributed by atoms with van der Waals surface area (Å²) >= 11 is 0. The third kappa shape index (κ3) is 4.30. The molecule has 0 aromatic heterocycles. The SMILES string of the molecule is C=Cc1ccc(C(CC)O[Si](CC)(CC)OCC)cc1. The molecule has 0 N–H and O–H groups in total. The third-order valence-electron chi connectivity index (χ3n) is 3.76. The summed E-state index contributed by atoms with van der Waals surface area (Å²) in [4.78, 5) is 0. The molecule has 1 unspecified atom stereocenters. The van der Waals surface area contributed by atoms with Gasteiger partial charge in [0.2, 0.25) is 0 Å². The largest absolute Gasteiger partial charge is 0.394 e. The molecule has 1 atom stereocenters. The van der Waals surface area contributed by atoms with E-state index in [1.54, 1.807) is 0 Å². The number of hydrogen-bond acceptors (Lipinski definition) is 2. The van der Waals surface area contributed by atoms with Crippen LogP contribution in [0.15, 0.2) is 30.8 Å². The monoisotopic (exact) mass is 292 g/mol. The summed E-state index contributed by atoms with van der Waals surface area (Å²) in [5, 5.41) is 0. The van der Waals surface area contributed by atoms with Crippen molar-refractivity contribution in [1.82, 2.24) is 0 Å². The summed E-state index contributed by atoms with van der Waals surface area (Å²) < 4.78 is 12.5. The predicted molar refractivity (Wildman–Crippen MR) is 89.0 cm³/mol. The maximum absolute atomic E-state index is 6.48. The van der Waals surface area contributed by atoms with Gasteiger partial charge in [-0.3, -0.25) is 0 Å². The molecule has 1 rings (SSSR count). The molecule has 0 saturated carbocycles. The summed E-state index contributed by atoms with van der Waals surface area (Å²) in [6.07, 6.45) is 2.96. The van der Waals surface area contributed by atoms with E-state index in [4.69, 9.17) is 8.85 Å². The van der Waals surface area contributed by atoms with E-state index < -0.39 is 8.56 Å². The first kappa shape index (κ1) is 17.1. The van der Waals surface area contributed by atoms with Crippen molar-refractivity contribution in [2.24, 2.45) is 0 Å². The van der Waals surface area contributed by atoms with E-state index in [1.807, 2.05) is 6.08 Å². The minimum atomic E-state index is -2.05. The van der Waals surface area contributed by atoms with E-state index in [9.17, 15) is 0 Å². The van der Waals surface area contributed by atoms with Crippen LogP contribution in [0.4, 0.5) is 0 Å². The van der Waals surface area contributed by atoms with Gasteiger partial charge in [-0.15, -0.1) is 0 Å². The quantitative estimate of drug-likeness (QED) is 0.574. The van der Waals surface area contributed by atoms with Crippen LogP contribution in [-0.2, 0) is 8.85 Å². The molecule has 0 heterocycles.